The second kappa shape index (κ2) is 15.8. The maximum absolute atomic E-state index is 11.8. The van der Waals surface area contributed by atoms with Crippen molar-refractivity contribution >= 4 is 6.16 Å². The van der Waals surface area contributed by atoms with Gasteiger partial charge < -0.3 is 9.47 Å². The van der Waals surface area contributed by atoms with Gasteiger partial charge >= 0.3 is 6.16 Å². The molecule has 0 aromatic heterocycles. The molecule has 0 aliphatic rings. The highest BCUT2D eigenvalue weighted by Gasteiger charge is 2.21. The zero-order valence-electron chi connectivity index (χ0n) is 16.9. The third kappa shape index (κ3) is 13.7. The fraction of sp³-hybridized carbons (Fsp3) is 0.952. The van der Waals surface area contributed by atoms with Crippen molar-refractivity contribution in [1.82, 2.24) is 0 Å². The molecule has 0 radical (unpaired) electrons. The molecule has 1 atom stereocenters. The largest absolute Gasteiger partial charge is 0.508 e. The van der Waals surface area contributed by atoms with Crippen LogP contribution in [0.1, 0.15) is 112 Å². The summed E-state index contributed by atoms with van der Waals surface area (Å²) in [5.74, 6) is 0.466. The first-order valence-electron chi connectivity index (χ1n) is 10.4. The van der Waals surface area contributed by atoms with Crippen LogP contribution < -0.4 is 0 Å². The van der Waals surface area contributed by atoms with E-state index < -0.39 is 6.16 Å². The molecule has 0 rings (SSSR count). The molecular weight excluding hydrogens is 300 g/mol. The number of hydrogen-bond acceptors (Lipinski definition) is 3. The number of carbonyl (C=O) groups excluding carboxylic acids is 1. The lowest BCUT2D eigenvalue weighted by molar-refractivity contribution is -0.00810. The van der Waals surface area contributed by atoms with Crippen LogP contribution in [0.15, 0.2) is 0 Å². The number of rotatable bonds is 15. The van der Waals surface area contributed by atoms with Crippen molar-refractivity contribution in [2.45, 2.75) is 124 Å². The summed E-state index contributed by atoms with van der Waals surface area (Å²) in [5.41, 5.74) is 0. The quantitative estimate of drug-likeness (QED) is 0.232. The van der Waals surface area contributed by atoms with E-state index in [1.54, 1.807) is 0 Å². The van der Waals surface area contributed by atoms with Gasteiger partial charge in [-0.1, -0.05) is 78.1 Å². The smallest absolute Gasteiger partial charge is 0.432 e. The van der Waals surface area contributed by atoms with Gasteiger partial charge in [0.25, 0.3) is 0 Å². The van der Waals surface area contributed by atoms with Gasteiger partial charge in [-0.2, -0.15) is 0 Å². The van der Waals surface area contributed by atoms with Crippen LogP contribution in [0.4, 0.5) is 4.79 Å². The van der Waals surface area contributed by atoms with E-state index in [2.05, 4.69) is 13.8 Å². The fourth-order valence-electron chi connectivity index (χ4n) is 3.10. The zero-order valence-corrected chi connectivity index (χ0v) is 16.9. The van der Waals surface area contributed by atoms with Crippen LogP contribution in [0.25, 0.3) is 0 Å². The van der Waals surface area contributed by atoms with E-state index in [-0.39, 0.29) is 12.2 Å². The van der Waals surface area contributed by atoms with Crippen LogP contribution in [-0.4, -0.2) is 18.4 Å². The minimum Gasteiger partial charge on any atom is -0.432 e. The lowest BCUT2D eigenvalue weighted by Crippen LogP contribution is -2.26. The first kappa shape index (κ1) is 23.3. The molecule has 0 heterocycles. The third-order valence-electron chi connectivity index (χ3n) is 4.63. The Morgan fingerprint density at radius 1 is 0.708 bits per heavy atom. The van der Waals surface area contributed by atoms with Crippen molar-refractivity contribution in [2.75, 3.05) is 0 Å². The van der Waals surface area contributed by atoms with E-state index in [1.807, 2.05) is 20.8 Å². The molecule has 0 amide bonds. The predicted octanol–water partition coefficient (Wildman–Crippen LogP) is 7.27. The molecular formula is C21H42O3. The average molecular weight is 343 g/mol. The number of ether oxygens (including phenoxy) is 2. The maximum Gasteiger partial charge on any atom is 0.508 e. The number of unbranched alkanes of at least 4 members (excludes halogenated alkanes) is 8. The highest BCUT2D eigenvalue weighted by atomic mass is 16.7. The third-order valence-corrected chi connectivity index (χ3v) is 4.63. The molecule has 0 saturated carbocycles. The summed E-state index contributed by atoms with van der Waals surface area (Å²) in [5, 5.41) is 0. The van der Waals surface area contributed by atoms with E-state index in [9.17, 15) is 4.79 Å². The van der Waals surface area contributed by atoms with E-state index >= 15 is 0 Å². The van der Waals surface area contributed by atoms with E-state index in [4.69, 9.17) is 9.47 Å². The van der Waals surface area contributed by atoms with Crippen molar-refractivity contribution in [1.29, 1.82) is 0 Å². The molecule has 0 spiro atoms. The minimum absolute atomic E-state index is 0.0476. The Bertz CT molecular complexity index is 275. The highest BCUT2D eigenvalue weighted by Crippen LogP contribution is 2.24. The van der Waals surface area contributed by atoms with Crippen LogP contribution in [0, 0.1) is 5.92 Å². The van der Waals surface area contributed by atoms with Gasteiger partial charge in [0.15, 0.2) is 0 Å². The molecule has 0 fully saturated rings. The SMILES string of the molecule is CCCCCCCC(CCCCCCC)C(C)OC(=O)OC(C)C. The highest BCUT2D eigenvalue weighted by molar-refractivity contribution is 5.60. The summed E-state index contributed by atoms with van der Waals surface area (Å²) in [6.45, 7) is 10.2. The summed E-state index contributed by atoms with van der Waals surface area (Å²) in [4.78, 5) is 11.8. The van der Waals surface area contributed by atoms with Crippen molar-refractivity contribution in [3.05, 3.63) is 0 Å². The molecule has 0 bridgehead atoms. The van der Waals surface area contributed by atoms with Gasteiger partial charge in [-0.3, -0.25) is 0 Å². The molecule has 144 valence electrons. The molecule has 0 saturated heterocycles. The van der Waals surface area contributed by atoms with Crippen molar-refractivity contribution < 1.29 is 14.3 Å². The van der Waals surface area contributed by atoms with Crippen LogP contribution in [0.2, 0.25) is 0 Å². The maximum atomic E-state index is 11.8. The van der Waals surface area contributed by atoms with Gasteiger partial charge in [0, 0.05) is 0 Å². The van der Waals surface area contributed by atoms with Gasteiger partial charge in [-0.25, -0.2) is 4.79 Å². The van der Waals surface area contributed by atoms with Gasteiger partial charge in [-0.15, -0.1) is 0 Å². The van der Waals surface area contributed by atoms with Crippen LogP contribution in [0.3, 0.4) is 0 Å². The Hall–Kier alpha value is -0.730. The second-order valence-corrected chi connectivity index (χ2v) is 7.41. The summed E-state index contributed by atoms with van der Waals surface area (Å²) in [6, 6.07) is 0. The molecule has 3 heteroatoms. The average Bonchev–Trinajstić information content (AvgIpc) is 2.51. The molecule has 3 nitrogen and oxygen atoms in total. The molecule has 0 aliphatic carbocycles. The number of carbonyl (C=O) groups is 1. The van der Waals surface area contributed by atoms with Crippen molar-refractivity contribution in [3.8, 4) is 0 Å². The Kier molecular flexibility index (Phi) is 15.3. The Morgan fingerprint density at radius 3 is 1.58 bits per heavy atom. The molecule has 0 aromatic carbocycles. The molecule has 24 heavy (non-hydrogen) atoms. The van der Waals surface area contributed by atoms with Gasteiger partial charge in [0.2, 0.25) is 0 Å². The molecule has 0 N–H and O–H groups in total. The molecule has 1 unspecified atom stereocenters. The predicted molar refractivity (Wildman–Crippen MR) is 102 cm³/mol. The monoisotopic (exact) mass is 342 g/mol. The second-order valence-electron chi connectivity index (χ2n) is 7.41. The van der Waals surface area contributed by atoms with Gasteiger partial charge in [0.1, 0.15) is 6.10 Å². The summed E-state index contributed by atoms with van der Waals surface area (Å²) in [7, 11) is 0. The Labute approximate surface area is 150 Å². The lowest BCUT2D eigenvalue weighted by Gasteiger charge is -2.24. The summed E-state index contributed by atoms with van der Waals surface area (Å²) < 4.78 is 10.6. The van der Waals surface area contributed by atoms with Crippen molar-refractivity contribution in [2.24, 2.45) is 5.92 Å². The van der Waals surface area contributed by atoms with Crippen LogP contribution in [0.5, 0.6) is 0 Å². The molecule has 0 aliphatic heterocycles. The fourth-order valence-corrected chi connectivity index (χ4v) is 3.10. The topological polar surface area (TPSA) is 35.5 Å². The van der Waals surface area contributed by atoms with Gasteiger partial charge in [0.05, 0.1) is 6.10 Å². The first-order chi connectivity index (χ1) is 11.5. The standard InChI is InChI=1S/C21H42O3/c1-6-8-10-12-14-16-20(17-15-13-11-9-7-2)19(5)24-21(22)23-18(3)4/h18-20H,6-17H2,1-5H3. The van der Waals surface area contributed by atoms with Crippen LogP contribution >= 0.6 is 0 Å². The zero-order chi connectivity index (χ0) is 18.2. The van der Waals surface area contributed by atoms with E-state index in [0.29, 0.717) is 5.92 Å². The van der Waals surface area contributed by atoms with E-state index in [0.717, 1.165) is 12.8 Å². The number of hydrogen-bond donors (Lipinski definition) is 0. The summed E-state index contributed by atoms with van der Waals surface area (Å²) >= 11 is 0. The Balaban J connectivity index is 4.23. The Morgan fingerprint density at radius 2 is 1.17 bits per heavy atom. The first-order valence-corrected chi connectivity index (χ1v) is 10.4. The lowest BCUT2D eigenvalue weighted by atomic mass is 9.90. The van der Waals surface area contributed by atoms with Gasteiger partial charge in [-0.05, 0) is 39.5 Å². The van der Waals surface area contributed by atoms with Crippen molar-refractivity contribution in [3.63, 3.8) is 0 Å². The summed E-state index contributed by atoms with van der Waals surface area (Å²) in [6.07, 6.45) is 14.6. The van der Waals surface area contributed by atoms with Crippen LogP contribution in [-0.2, 0) is 9.47 Å². The van der Waals surface area contributed by atoms with E-state index in [1.165, 1.54) is 64.2 Å². The molecule has 0 aromatic rings. The minimum atomic E-state index is -0.514. The normalized spacial score (nSPS) is 12.6.